The number of carbonyl (C=O) groups is 1. The molecule has 0 fully saturated rings. The minimum atomic E-state index is -0.263. The molecule has 1 aromatic carbocycles. The molecule has 0 saturated heterocycles. The molecule has 5 nitrogen and oxygen atoms in total. The lowest BCUT2D eigenvalue weighted by atomic mass is 10.2. The summed E-state index contributed by atoms with van der Waals surface area (Å²) in [4.78, 5) is 11.7. The second-order valence-electron chi connectivity index (χ2n) is 4.03. The molecule has 1 unspecified atom stereocenters. The van der Waals surface area contributed by atoms with Crippen LogP contribution in [0.2, 0.25) is 5.02 Å². The summed E-state index contributed by atoms with van der Waals surface area (Å²) in [5.41, 5.74) is 6.29. The standard InChI is InChI=1S/C13H19ClN2O3.ClH/c1-18-11(7-15)6-13(17)16-8-9-5-10(14)3-4-12(9)19-2;/h3-5,11H,6-8,15H2,1-2H3,(H,16,17);1H. The summed E-state index contributed by atoms with van der Waals surface area (Å²) in [5.74, 6) is 0.561. The van der Waals surface area contributed by atoms with E-state index >= 15 is 0 Å². The van der Waals surface area contributed by atoms with Gasteiger partial charge in [-0.25, -0.2) is 0 Å². The van der Waals surface area contributed by atoms with Crippen molar-refractivity contribution < 1.29 is 14.3 Å². The molecule has 1 amide bonds. The average molecular weight is 323 g/mol. The molecule has 0 aliphatic heterocycles. The Morgan fingerprint density at radius 1 is 1.45 bits per heavy atom. The van der Waals surface area contributed by atoms with Crippen LogP contribution in [0.25, 0.3) is 0 Å². The Labute approximate surface area is 130 Å². The van der Waals surface area contributed by atoms with Crippen molar-refractivity contribution >= 4 is 29.9 Å². The number of halogens is 2. The van der Waals surface area contributed by atoms with E-state index in [0.717, 1.165) is 5.56 Å². The van der Waals surface area contributed by atoms with E-state index in [4.69, 9.17) is 26.8 Å². The van der Waals surface area contributed by atoms with Crippen molar-refractivity contribution in [3.05, 3.63) is 28.8 Å². The van der Waals surface area contributed by atoms with Crippen molar-refractivity contribution in [3.63, 3.8) is 0 Å². The summed E-state index contributed by atoms with van der Waals surface area (Å²) in [6.45, 7) is 0.661. The van der Waals surface area contributed by atoms with Gasteiger partial charge in [0.05, 0.1) is 19.6 Å². The zero-order chi connectivity index (χ0) is 14.3. The first-order valence-corrected chi connectivity index (χ1v) is 6.30. The number of hydrogen-bond acceptors (Lipinski definition) is 4. The quantitative estimate of drug-likeness (QED) is 0.802. The van der Waals surface area contributed by atoms with Gasteiger partial charge in [0.25, 0.3) is 0 Å². The fourth-order valence-corrected chi connectivity index (χ4v) is 1.82. The van der Waals surface area contributed by atoms with Gasteiger partial charge in [0.1, 0.15) is 5.75 Å². The molecule has 0 heterocycles. The molecule has 0 aliphatic carbocycles. The van der Waals surface area contributed by atoms with Gasteiger partial charge in [-0.05, 0) is 18.2 Å². The lowest BCUT2D eigenvalue weighted by Crippen LogP contribution is -2.32. The fourth-order valence-electron chi connectivity index (χ4n) is 1.62. The van der Waals surface area contributed by atoms with Crippen LogP contribution >= 0.6 is 24.0 Å². The maximum atomic E-state index is 11.7. The highest BCUT2D eigenvalue weighted by Gasteiger charge is 2.12. The first kappa shape index (κ1) is 19.0. The van der Waals surface area contributed by atoms with Crippen LogP contribution in [0.3, 0.4) is 0 Å². The second-order valence-corrected chi connectivity index (χ2v) is 4.47. The van der Waals surface area contributed by atoms with Crippen LogP contribution in [0.15, 0.2) is 18.2 Å². The zero-order valence-corrected chi connectivity index (χ0v) is 13.1. The minimum absolute atomic E-state index is 0. The number of carbonyl (C=O) groups excluding carboxylic acids is 1. The molecule has 1 atom stereocenters. The Hall–Kier alpha value is -1.01. The SMILES string of the molecule is COc1ccc(Cl)cc1CNC(=O)CC(CN)OC.Cl. The third-order valence-electron chi connectivity index (χ3n) is 2.73. The largest absolute Gasteiger partial charge is 0.496 e. The van der Waals surface area contributed by atoms with Gasteiger partial charge < -0.3 is 20.5 Å². The highest BCUT2D eigenvalue weighted by Crippen LogP contribution is 2.22. The molecular formula is C13H20Cl2N2O3. The lowest BCUT2D eigenvalue weighted by molar-refractivity contribution is -0.123. The first-order valence-electron chi connectivity index (χ1n) is 5.92. The monoisotopic (exact) mass is 322 g/mol. The molecule has 0 aromatic heterocycles. The predicted molar refractivity (Wildman–Crippen MR) is 81.6 cm³/mol. The molecule has 0 aliphatic rings. The molecule has 0 spiro atoms. The van der Waals surface area contributed by atoms with Crippen molar-refractivity contribution in [1.29, 1.82) is 0 Å². The molecule has 7 heteroatoms. The average Bonchev–Trinajstić information content (AvgIpc) is 2.42. The van der Waals surface area contributed by atoms with E-state index < -0.39 is 0 Å². The normalized spacial score (nSPS) is 11.4. The van der Waals surface area contributed by atoms with Crippen molar-refractivity contribution in [2.24, 2.45) is 5.73 Å². The molecule has 1 rings (SSSR count). The molecular weight excluding hydrogens is 303 g/mol. The second kappa shape index (κ2) is 9.83. The fraction of sp³-hybridized carbons (Fsp3) is 0.462. The highest BCUT2D eigenvalue weighted by molar-refractivity contribution is 6.30. The van der Waals surface area contributed by atoms with E-state index in [1.807, 2.05) is 0 Å². The summed E-state index contributed by atoms with van der Waals surface area (Å²) < 4.78 is 10.3. The van der Waals surface area contributed by atoms with E-state index in [0.29, 0.717) is 23.9 Å². The Morgan fingerprint density at radius 2 is 2.15 bits per heavy atom. The summed E-state index contributed by atoms with van der Waals surface area (Å²) in [7, 11) is 3.11. The van der Waals surface area contributed by atoms with Crippen LogP contribution in [-0.2, 0) is 16.1 Å². The molecule has 0 bridgehead atoms. The van der Waals surface area contributed by atoms with E-state index in [2.05, 4.69) is 5.32 Å². The van der Waals surface area contributed by atoms with Gasteiger partial charge in [0.2, 0.25) is 5.91 Å². The predicted octanol–water partition coefficient (Wildman–Crippen LogP) is 1.75. The van der Waals surface area contributed by atoms with Crippen LogP contribution in [0.1, 0.15) is 12.0 Å². The maximum absolute atomic E-state index is 11.7. The molecule has 0 radical (unpaired) electrons. The van der Waals surface area contributed by atoms with E-state index in [1.165, 1.54) is 7.11 Å². The van der Waals surface area contributed by atoms with Gasteiger partial charge in [-0.1, -0.05) is 11.6 Å². The number of nitrogens with one attached hydrogen (secondary N) is 1. The smallest absolute Gasteiger partial charge is 0.222 e. The van der Waals surface area contributed by atoms with Crippen molar-refractivity contribution in [2.45, 2.75) is 19.1 Å². The van der Waals surface area contributed by atoms with Gasteiger partial charge in [-0.2, -0.15) is 0 Å². The molecule has 3 N–H and O–H groups in total. The number of benzene rings is 1. The summed E-state index contributed by atoms with van der Waals surface area (Å²) >= 11 is 5.91. The van der Waals surface area contributed by atoms with Gasteiger partial charge >= 0.3 is 0 Å². The third-order valence-corrected chi connectivity index (χ3v) is 2.96. The topological polar surface area (TPSA) is 73.6 Å². The zero-order valence-electron chi connectivity index (χ0n) is 11.5. The summed E-state index contributed by atoms with van der Waals surface area (Å²) in [5, 5.41) is 3.39. The van der Waals surface area contributed by atoms with Crippen LogP contribution in [0.4, 0.5) is 0 Å². The minimum Gasteiger partial charge on any atom is -0.496 e. The Balaban J connectivity index is 0.00000361. The van der Waals surface area contributed by atoms with Gasteiger partial charge in [-0.3, -0.25) is 4.79 Å². The summed E-state index contributed by atoms with van der Waals surface area (Å²) in [6, 6.07) is 5.26. The molecule has 0 saturated carbocycles. The van der Waals surface area contributed by atoms with Crippen molar-refractivity contribution in [3.8, 4) is 5.75 Å². The van der Waals surface area contributed by atoms with Gasteiger partial charge in [-0.15, -0.1) is 12.4 Å². The number of amides is 1. The number of rotatable bonds is 7. The van der Waals surface area contributed by atoms with Gasteiger partial charge in [0.15, 0.2) is 0 Å². The lowest BCUT2D eigenvalue weighted by Gasteiger charge is -2.14. The number of hydrogen-bond donors (Lipinski definition) is 2. The van der Waals surface area contributed by atoms with Gasteiger partial charge in [0, 0.05) is 30.8 Å². The Kier molecular flexibility index (Phi) is 9.33. The van der Waals surface area contributed by atoms with Crippen LogP contribution in [0.5, 0.6) is 5.75 Å². The van der Waals surface area contributed by atoms with E-state index in [9.17, 15) is 4.79 Å². The Morgan fingerprint density at radius 3 is 2.70 bits per heavy atom. The van der Waals surface area contributed by atoms with Crippen LogP contribution in [-0.4, -0.2) is 32.8 Å². The number of nitrogens with two attached hydrogens (primary N) is 1. The Bertz CT molecular complexity index is 426. The maximum Gasteiger partial charge on any atom is 0.222 e. The highest BCUT2D eigenvalue weighted by atomic mass is 35.5. The van der Waals surface area contributed by atoms with Crippen LogP contribution < -0.4 is 15.8 Å². The summed E-state index contributed by atoms with van der Waals surface area (Å²) in [6.07, 6.45) is -0.0307. The van der Waals surface area contributed by atoms with Crippen LogP contribution in [0, 0.1) is 0 Å². The van der Waals surface area contributed by atoms with E-state index in [-0.39, 0.29) is 30.8 Å². The third kappa shape index (κ3) is 5.96. The molecule has 20 heavy (non-hydrogen) atoms. The first-order chi connectivity index (χ1) is 9.10. The number of methoxy groups -OCH3 is 2. The van der Waals surface area contributed by atoms with Crippen molar-refractivity contribution in [2.75, 3.05) is 20.8 Å². The van der Waals surface area contributed by atoms with Crippen molar-refractivity contribution in [1.82, 2.24) is 5.32 Å². The van der Waals surface area contributed by atoms with E-state index in [1.54, 1.807) is 25.3 Å². The number of ether oxygens (including phenoxy) is 2. The molecule has 1 aromatic rings. The molecule has 114 valence electrons.